The average molecular weight is 471 g/mol. The van der Waals surface area contributed by atoms with Crippen molar-refractivity contribution < 1.29 is 28.6 Å². The van der Waals surface area contributed by atoms with Gasteiger partial charge in [0.2, 0.25) is 0 Å². The van der Waals surface area contributed by atoms with Crippen molar-refractivity contribution in [2.24, 2.45) is 11.8 Å². The molecule has 0 saturated carbocycles. The molecule has 0 bridgehead atoms. The Bertz CT molecular complexity index is 1180. The number of nitrogens with one attached hydrogen (secondary N) is 1. The van der Waals surface area contributed by atoms with E-state index in [1.807, 2.05) is 0 Å². The van der Waals surface area contributed by atoms with Crippen LogP contribution in [0.5, 0.6) is 11.5 Å². The minimum absolute atomic E-state index is 0.152. The van der Waals surface area contributed by atoms with Crippen LogP contribution in [-0.2, 0) is 14.3 Å². The van der Waals surface area contributed by atoms with Gasteiger partial charge in [-0.3, -0.25) is 14.4 Å². The molecule has 1 fully saturated rings. The lowest BCUT2D eigenvalue weighted by atomic mass is 9.77. The van der Waals surface area contributed by atoms with E-state index in [1.165, 1.54) is 12.0 Å². The lowest BCUT2D eigenvalue weighted by Gasteiger charge is -2.38. The Morgan fingerprint density at radius 1 is 1.27 bits per heavy atom. The summed E-state index contributed by atoms with van der Waals surface area (Å²) in [5.74, 6) is -1.78. The van der Waals surface area contributed by atoms with E-state index in [2.05, 4.69) is 5.32 Å². The van der Waals surface area contributed by atoms with Crippen LogP contribution in [0, 0.1) is 11.8 Å². The number of ether oxygens (including phenoxy) is 3. The topological polar surface area (TPSA) is 94.2 Å². The van der Waals surface area contributed by atoms with Gasteiger partial charge < -0.3 is 24.4 Å². The van der Waals surface area contributed by atoms with Crippen molar-refractivity contribution in [3.63, 3.8) is 0 Å². The van der Waals surface area contributed by atoms with Crippen LogP contribution in [0.15, 0.2) is 36.4 Å². The van der Waals surface area contributed by atoms with E-state index in [0.717, 1.165) is 0 Å². The monoisotopic (exact) mass is 470 g/mol. The molecule has 4 atom stereocenters. The van der Waals surface area contributed by atoms with E-state index in [-0.39, 0.29) is 24.7 Å². The van der Waals surface area contributed by atoms with E-state index >= 15 is 0 Å². The van der Waals surface area contributed by atoms with Crippen LogP contribution in [0.25, 0.3) is 0 Å². The second-order valence-corrected chi connectivity index (χ2v) is 8.96. The predicted molar refractivity (Wildman–Crippen MR) is 119 cm³/mol. The van der Waals surface area contributed by atoms with Crippen LogP contribution in [0.3, 0.4) is 0 Å². The van der Waals surface area contributed by atoms with Crippen LogP contribution in [0.4, 0.5) is 5.69 Å². The lowest BCUT2D eigenvalue weighted by Crippen LogP contribution is -2.57. The average Bonchev–Trinajstić information content (AvgIpc) is 3.04. The van der Waals surface area contributed by atoms with E-state index in [0.29, 0.717) is 27.8 Å². The van der Waals surface area contributed by atoms with Gasteiger partial charge in [0.25, 0.3) is 11.8 Å². The van der Waals surface area contributed by atoms with Crippen LogP contribution in [0.2, 0.25) is 5.02 Å². The minimum atomic E-state index is -1.52. The quantitative estimate of drug-likeness (QED) is 0.690. The number of hydrogen-bond donors (Lipinski definition) is 1. The summed E-state index contributed by atoms with van der Waals surface area (Å²) >= 11 is 6.30. The van der Waals surface area contributed by atoms with Gasteiger partial charge in [-0.25, -0.2) is 0 Å². The van der Waals surface area contributed by atoms with E-state index in [4.69, 9.17) is 25.8 Å². The molecule has 3 aliphatic rings. The number of hydrogen-bond acceptors (Lipinski definition) is 6. The first-order valence-corrected chi connectivity index (χ1v) is 11.1. The zero-order valence-corrected chi connectivity index (χ0v) is 19.1. The molecule has 3 unspecified atom stereocenters. The van der Waals surface area contributed by atoms with Gasteiger partial charge in [-0.15, -0.1) is 0 Å². The number of carbonyl (C=O) groups excluding carboxylic acids is 3. The van der Waals surface area contributed by atoms with Gasteiger partial charge in [-0.05, 0) is 50.2 Å². The molecule has 5 rings (SSSR count). The van der Waals surface area contributed by atoms with E-state index in [9.17, 15) is 14.4 Å². The molecule has 172 valence electrons. The summed E-state index contributed by atoms with van der Waals surface area (Å²) in [6.45, 7) is 3.63. The number of rotatable bonds is 3. The molecule has 0 aliphatic carbocycles. The second kappa shape index (κ2) is 7.66. The predicted octanol–water partition coefficient (Wildman–Crippen LogP) is 3.44. The molecule has 0 radical (unpaired) electrons. The molecule has 2 aromatic rings. The van der Waals surface area contributed by atoms with Crippen molar-refractivity contribution in [2.45, 2.75) is 25.4 Å². The lowest BCUT2D eigenvalue weighted by molar-refractivity contribution is -0.155. The number of nitrogens with zero attached hydrogens (tertiary/aromatic N) is 1. The van der Waals surface area contributed by atoms with Crippen molar-refractivity contribution >= 4 is 35.1 Å². The minimum Gasteiger partial charge on any atom is -0.497 e. The molecule has 3 heterocycles. The number of benzene rings is 2. The summed E-state index contributed by atoms with van der Waals surface area (Å²) < 4.78 is 16.6. The Kier molecular flexibility index (Phi) is 5.01. The Balaban J connectivity index is 1.76. The van der Waals surface area contributed by atoms with Crippen molar-refractivity contribution in [3.8, 4) is 11.5 Å². The summed E-state index contributed by atoms with van der Waals surface area (Å²) in [5, 5.41) is 3.32. The van der Waals surface area contributed by atoms with Crippen molar-refractivity contribution in [1.29, 1.82) is 0 Å². The molecule has 1 saturated heterocycles. The molecule has 33 heavy (non-hydrogen) atoms. The highest BCUT2D eigenvalue weighted by atomic mass is 35.5. The molecule has 9 heteroatoms. The highest BCUT2D eigenvalue weighted by molar-refractivity contribution is 6.30. The largest absolute Gasteiger partial charge is 0.497 e. The highest BCUT2D eigenvalue weighted by Crippen LogP contribution is 2.57. The summed E-state index contributed by atoms with van der Waals surface area (Å²) in [6.07, 6.45) is 0. The molecule has 2 aromatic carbocycles. The van der Waals surface area contributed by atoms with E-state index in [1.54, 1.807) is 50.2 Å². The van der Waals surface area contributed by atoms with Gasteiger partial charge in [-0.1, -0.05) is 11.6 Å². The Morgan fingerprint density at radius 2 is 2.06 bits per heavy atom. The summed E-state index contributed by atoms with van der Waals surface area (Å²) in [6, 6.07) is 9.44. The number of amides is 2. The van der Waals surface area contributed by atoms with Crippen molar-refractivity contribution in [2.75, 3.05) is 25.6 Å². The molecule has 3 aliphatic heterocycles. The number of carbonyl (C=O) groups is 3. The smallest absolute Gasteiger partial charge is 0.312 e. The van der Waals surface area contributed by atoms with Gasteiger partial charge >= 0.3 is 5.97 Å². The Hall–Kier alpha value is -3.26. The standard InChI is InChI=1S/C24H23ClN2O6/c1-4-32-22(29)19-16-11-33-18-8-5-12(25)9-15(18)20(16)27-21(28)14-10-13(31-3)6-7-17(14)26-23(30)24(19,27)2/h5-10,16,19-20H,4,11H2,1-3H3,(H,26,30)/t16?,19?,20?,24-/m1/s1. The molecule has 1 N–H and O–H groups in total. The summed E-state index contributed by atoms with van der Waals surface area (Å²) in [7, 11) is 1.50. The number of halogens is 1. The number of methoxy groups -OCH3 is 1. The molecular formula is C24H23ClN2O6. The van der Waals surface area contributed by atoms with E-state index < -0.39 is 35.3 Å². The maximum absolute atomic E-state index is 14.1. The van der Waals surface area contributed by atoms with Crippen molar-refractivity contribution in [3.05, 3.63) is 52.5 Å². The summed E-state index contributed by atoms with van der Waals surface area (Å²) in [5.41, 5.74) is -0.217. The molecule has 2 amide bonds. The summed E-state index contributed by atoms with van der Waals surface area (Å²) in [4.78, 5) is 42.5. The molecule has 0 spiro atoms. The Labute approximate surface area is 195 Å². The maximum atomic E-state index is 14.1. The van der Waals surface area contributed by atoms with Gasteiger partial charge in [-0.2, -0.15) is 0 Å². The fraction of sp³-hybridized carbons (Fsp3) is 0.375. The zero-order chi connectivity index (χ0) is 23.5. The molecule has 0 aromatic heterocycles. The van der Waals surface area contributed by atoms with Gasteiger partial charge in [0, 0.05) is 16.5 Å². The second-order valence-electron chi connectivity index (χ2n) is 8.52. The number of fused-ring (bicyclic) bond motifs is 6. The third-order valence-electron chi connectivity index (χ3n) is 6.86. The van der Waals surface area contributed by atoms with Crippen LogP contribution in [0.1, 0.15) is 35.8 Å². The fourth-order valence-electron chi connectivity index (χ4n) is 5.39. The number of esters is 1. The SMILES string of the molecule is CCOC(=O)C1C2COc3ccc(Cl)cc3C2N2C(=O)c3cc(OC)ccc3NC(=O)[C@@]12C. The van der Waals surface area contributed by atoms with Gasteiger partial charge in [0.05, 0.1) is 43.5 Å². The zero-order valence-electron chi connectivity index (χ0n) is 18.4. The molecule has 8 nitrogen and oxygen atoms in total. The first-order valence-electron chi connectivity index (χ1n) is 10.7. The third-order valence-corrected chi connectivity index (χ3v) is 7.10. The van der Waals surface area contributed by atoms with Crippen LogP contribution in [-0.4, -0.2) is 48.5 Å². The maximum Gasteiger partial charge on any atom is 0.312 e. The van der Waals surface area contributed by atoms with Crippen LogP contribution >= 0.6 is 11.6 Å². The first-order chi connectivity index (χ1) is 15.8. The Morgan fingerprint density at radius 3 is 2.79 bits per heavy atom. The van der Waals surface area contributed by atoms with Crippen molar-refractivity contribution in [1.82, 2.24) is 4.90 Å². The number of anilines is 1. The van der Waals surface area contributed by atoms with Gasteiger partial charge in [0.1, 0.15) is 17.0 Å². The normalized spacial score (nSPS) is 27.3. The molecular weight excluding hydrogens is 448 g/mol. The van der Waals surface area contributed by atoms with Gasteiger partial charge in [0.15, 0.2) is 0 Å². The first kappa shape index (κ1) is 21.6. The fourth-order valence-corrected chi connectivity index (χ4v) is 5.57. The van der Waals surface area contributed by atoms with Crippen LogP contribution < -0.4 is 14.8 Å². The third kappa shape index (κ3) is 3.00. The highest BCUT2D eigenvalue weighted by Gasteiger charge is 2.67.